The SMILES string of the molecule is Cc1ncsc1CNC(=O)c1ccc2nc(N)sc2c1. The maximum Gasteiger partial charge on any atom is 0.251 e. The van der Waals surface area contributed by atoms with E-state index >= 15 is 0 Å². The number of carbonyl (C=O) groups excluding carboxylic acids is 1. The number of nitrogens with one attached hydrogen (secondary N) is 1. The van der Waals surface area contributed by atoms with Gasteiger partial charge in [-0.15, -0.1) is 11.3 Å². The Hall–Kier alpha value is -1.99. The highest BCUT2D eigenvalue weighted by molar-refractivity contribution is 7.22. The van der Waals surface area contributed by atoms with Crippen molar-refractivity contribution in [1.29, 1.82) is 0 Å². The number of anilines is 1. The van der Waals surface area contributed by atoms with E-state index < -0.39 is 0 Å². The number of thiazole rings is 2. The lowest BCUT2D eigenvalue weighted by Gasteiger charge is -2.04. The normalized spacial score (nSPS) is 10.8. The maximum absolute atomic E-state index is 12.1. The Kier molecular flexibility index (Phi) is 3.37. The van der Waals surface area contributed by atoms with E-state index in [1.54, 1.807) is 22.9 Å². The van der Waals surface area contributed by atoms with E-state index in [0.717, 1.165) is 20.8 Å². The summed E-state index contributed by atoms with van der Waals surface area (Å²) < 4.78 is 0.920. The summed E-state index contributed by atoms with van der Waals surface area (Å²) in [5.41, 5.74) is 9.83. The van der Waals surface area contributed by atoms with Crippen LogP contribution in [0.2, 0.25) is 0 Å². The quantitative estimate of drug-likeness (QED) is 0.779. The van der Waals surface area contributed by atoms with Crippen LogP contribution < -0.4 is 11.1 Å². The molecule has 0 fully saturated rings. The van der Waals surface area contributed by atoms with E-state index in [1.807, 2.05) is 19.1 Å². The highest BCUT2D eigenvalue weighted by atomic mass is 32.1. The van der Waals surface area contributed by atoms with Gasteiger partial charge in [-0.2, -0.15) is 0 Å². The number of benzene rings is 1. The number of nitrogens with zero attached hydrogens (tertiary/aromatic N) is 2. The smallest absolute Gasteiger partial charge is 0.251 e. The molecule has 3 aromatic rings. The van der Waals surface area contributed by atoms with Crippen LogP contribution in [-0.2, 0) is 6.54 Å². The molecule has 0 saturated heterocycles. The third kappa shape index (κ3) is 2.50. The molecule has 0 bridgehead atoms. The molecule has 7 heteroatoms. The van der Waals surface area contributed by atoms with Crippen LogP contribution in [0.1, 0.15) is 20.9 Å². The van der Waals surface area contributed by atoms with Gasteiger partial charge in [0.1, 0.15) is 0 Å². The second kappa shape index (κ2) is 5.18. The minimum atomic E-state index is -0.105. The lowest BCUT2D eigenvalue weighted by Crippen LogP contribution is -2.22. The van der Waals surface area contributed by atoms with Gasteiger partial charge in [0.25, 0.3) is 5.91 Å². The van der Waals surface area contributed by atoms with Gasteiger partial charge in [0.2, 0.25) is 0 Å². The minimum Gasteiger partial charge on any atom is -0.375 e. The Bertz CT molecular complexity index is 778. The maximum atomic E-state index is 12.1. The number of aryl methyl sites for hydroxylation is 1. The number of fused-ring (bicyclic) bond motifs is 1. The Morgan fingerprint density at radius 2 is 2.30 bits per heavy atom. The number of amides is 1. The van der Waals surface area contributed by atoms with Crippen LogP contribution in [0.25, 0.3) is 10.2 Å². The van der Waals surface area contributed by atoms with Crippen molar-refractivity contribution in [3.05, 3.63) is 39.8 Å². The molecule has 0 aliphatic heterocycles. The van der Waals surface area contributed by atoms with Crippen LogP contribution in [0.15, 0.2) is 23.7 Å². The summed E-state index contributed by atoms with van der Waals surface area (Å²) in [7, 11) is 0. The van der Waals surface area contributed by atoms with Crippen molar-refractivity contribution >= 4 is 43.9 Å². The Morgan fingerprint density at radius 1 is 1.45 bits per heavy atom. The lowest BCUT2D eigenvalue weighted by atomic mass is 10.2. The predicted molar refractivity (Wildman–Crippen MR) is 82.1 cm³/mol. The first-order chi connectivity index (χ1) is 9.63. The highest BCUT2D eigenvalue weighted by Crippen LogP contribution is 2.24. The molecule has 0 atom stereocenters. The van der Waals surface area contributed by atoms with Crippen LogP contribution in [-0.4, -0.2) is 15.9 Å². The largest absolute Gasteiger partial charge is 0.375 e. The Balaban J connectivity index is 1.76. The van der Waals surface area contributed by atoms with Crippen LogP contribution in [0.5, 0.6) is 0 Å². The average molecular weight is 304 g/mol. The molecule has 1 aromatic carbocycles. The topological polar surface area (TPSA) is 80.9 Å². The molecular formula is C13H12N4OS2. The summed E-state index contributed by atoms with van der Waals surface area (Å²) in [4.78, 5) is 21.5. The highest BCUT2D eigenvalue weighted by Gasteiger charge is 2.09. The van der Waals surface area contributed by atoms with Gasteiger partial charge in [-0.1, -0.05) is 11.3 Å². The molecule has 5 nitrogen and oxygen atoms in total. The molecule has 0 aliphatic rings. The summed E-state index contributed by atoms with van der Waals surface area (Å²) >= 11 is 2.92. The summed E-state index contributed by atoms with van der Waals surface area (Å²) in [6.07, 6.45) is 0. The van der Waals surface area contributed by atoms with E-state index in [2.05, 4.69) is 15.3 Å². The monoisotopic (exact) mass is 304 g/mol. The number of carbonyl (C=O) groups is 1. The molecule has 3 rings (SSSR count). The summed E-state index contributed by atoms with van der Waals surface area (Å²) in [6.45, 7) is 2.43. The number of aromatic nitrogens is 2. The Morgan fingerprint density at radius 3 is 3.05 bits per heavy atom. The lowest BCUT2D eigenvalue weighted by molar-refractivity contribution is 0.0951. The second-order valence-corrected chi connectivity index (χ2v) is 6.28. The molecule has 102 valence electrons. The minimum absolute atomic E-state index is 0.105. The summed E-state index contributed by atoms with van der Waals surface area (Å²) in [5, 5.41) is 3.41. The Labute approximate surface area is 123 Å². The van der Waals surface area contributed by atoms with Crippen LogP contribution in [0.3, 0.4) is 0 Å². The fourth-order valence-corrected chi connectivity index (χ4v) is 3.33. The van der Waals surface area contributed by atoms with Gasteiger partial charge in [-0.05, 0) is 25.1 Å². The molecule has 1 amide bonds. The van der Waals surface area contributed by atoms with Gasteiger partial charge in [0.05, 0.1) is 28.0 Å². The van der Waals surface area contributed by atoms with Crippen LogP contribution >= 0.6 is 22.7 Å². The van der Waals surface area contributed by atoms with E-state index in [-0.39, 0.29) is 5.91 Å². The fraction of sp³-hybridized carbons (Fsp3) is 0.154. The third-order valence-electron chi connectivity index (χ3n) is 2.92. The summed E-state index contributed by atoms with van der Waals surface area (Å²) in [6, 6.07) is 5.39. The standard InChI is InChI=1S/C13H12N4OS2/c1-7-11(19-6-16-7)5-15-12(18)8-2-3-9-10(4-8)20-13(14)17-9/h2-4,6H,5H2,1H3,(H2,14,17)(H,15,18). The predicted octanol–water partition coefficient (Wildman–Crippen LogP) is 2.57. The van der Waals surface area contributed by atoms with Crippen molar-refractivity contribution in [1.82, 2.24) is 15.3 Å². The van der Waals surface area contributed by atoms with Gasteiger partial charge in [0.15, 0.2) is 5.13 Å². The molecule has 20 heavy (non-hydrogen) atoms. The third-order valence-corrected chi connectivity index (χ3v) is 4.70. The van der Waals surface area contributed by atoms with E-state index in [4.69, 9.17) is 5.73 Å². The van der Waals surface area contributed by atoms with Crippen LogP contribution in [0, 0.1) is 6.92 Å². The molecule has 0 radical (unpaired) electrons. The molecule has 0 saturated carbocycles. The van der Waals surface area contributed by atoms with Gasteiger partial charge < -0.3 is 11.1 Å². The molecular weight excluding hydrogens is 292 g/mol. The van der Waals surface area contributed by atoms with Gasteiger partial charge in [-0.25, -0.2) is 9.97 Å². The average Bonchev–Trinajstić information content (AvgIpc) is 2.99. The number of nitrogens with two attached hydrogens (primary N) is 1. The van der Waals surface area contributed by atoms with Crippen molar-refractivity contribution in [2.75, 3.05) is 5.73 Å². The molecule has 0 spiro atoms. The number of hydrogen-bond donors (Lipinski definition) is 2. The number of hydrogen-bond acceptors (Lipinski definition) is 6. The van der Waals surface area contributed by atoms with Crippen LogP contribution in [0.4, 0.5) is 5.13 Å². The van der Waals surface area contributed by atoms with E-state index in [9.17, 15) is 4.79 Å². The van der Waals surface area contributed by atoms with Crippen molar-refractivity contribution in [2.45, 2.75) is 13.5 Å². The first-order valence-corrected chi connectivity index (χ1v) is 7.66. The zero-order chi connectivity index (χ0) is 14.1. The van der Waals surface area contributed by atoms with Crippen molar-refractivity contribution in [3.8, 4) is 0 Å². The number of nitrogen functional groups attached to an aromatic ring is 1. The van der Waals surface area contributed by atoms with E-state index in [0.29, 0.717) is 17.2 Å². The molecule has 2 aromatic heterocycles. The first kappa shape index (κ1) is 13.0. The zero-order valence-corrected chi connectivity index (χ0v) is 12.3. The second-order valence-electron chi connectivity index (χ2n) is 4.28. The van der Waals surface area contributed by atoms with Crippen molar-refractivity contribution in [2.24, 2.45) is 0 Å². The van der Waals surface area contributed by atoms with E-state index in [1.165, 1.54) is 11.3 Å². The van der Waals surface area contributed by atoms with Gasteiger partial charge >= 0.3 is 0 Å². The molecule has 2 heterocycles. The zero-order valence-electron chi connectivity index (χ0n) is 10.7. The molecule has 3 N–H and O–H groups in total. The fourth-order valence-electron chi connectivity index (χ4n) is 1.84. The van der Waals surface area contributed by atoms with Crippen molar-refractivity contribution in [3.63, 3.8) is 0 Å². The van der Waals surface area contributed by atoms with Gasteiger partial charge in [0, 0.05) is 10.4 Å². The molecule has 0 aliphatic carbocycles. The number of rotatable bonds is 3. The summed E-state index contributed by atoms with van der Waals surface area (Å²) in [5.74, 6) is -0.105. The molecule has 0 unspecified atom stereocenters. The van der Waals surface area contributed by atoms with Crippen molar-refractivity contribution < 1.29 is 4.79 Å². The first-order valence-electron chi connectivity index (χ1n) is 5.97. The van der Waals surface area contributed by atoms with Gasteiger partial charge in [-0.3, -0.25) is 4.79 Å².